The van der Waals surface area contributed by atoms with E-state index in [-0.39, 0.29) is 12.0 Å². The summed E-state index contributed by atoms with van der Waals surface area (Å²) in [6, 6.07) is 15.4. The molecule has 0 spiro atoms. The minimum absolute atomic E-state index is 0.00670. The van der Waals surface area contributed by atoms with E-state index in [1.54, 1.807) is 11.9 Å². The molecule has 0 aromatic heterocycles. The largest absolute Gasteiger partial charge is 0.486 e. The van der Waals surface area contributed by atoms with Crippen molar-refractivity contribution in [2.75, 3.05) is 20.2 Å². The summed E-state index contributed by atoms with van der Waals surface area (Å²) in [7, 11) is 1.79. The fourth-order valence-corrected chi connectivity index (χ4v) is 2.77. The molecule has 4 heteroatoms. The van der Waals surface area contributed by atoms with Crippen LogP contribution in [0.4, 0.5) is 0 Å². The van der Waals surface area contributed by atoms with Crippen LogP contribution in [0.1, 0.15) is 35.7 Å². The monoisotopic (exact) mass is 325 g/mol. The van der Waals surface area contributed by atoms with Crippen LogP contribution in [-0.2, 0) is 0 Å². The topological polar surface area (TPSA) is 38.8 Å². The van der Waals surface area contributed by atoms with Crippen LogP contribution in [0.5, 0.6) is 11.5 Å². The first-order chi connectivity index (χ1) is 11.5. The second kappa shape index (κ2) is 6.95. The molecule has 0 bridgehead atoms. The number of ether oxygens (including phenoxy) is 2. The summed E-state index contributed by atoms with van der Waals surface area (Å²) >= 11 is 0. The molecule has 0 fully saturated rings. The number of amides is 1. The molecule has 3 rings (SSSR count). The SMILES string of the molecule is CC(C)c1ccc(C(=O)N(C)CC2COc3ccccc3O2)cc1. The summed E-state index contributed by atoms with van der Waals surface area (Å²) < 4.78 is 11.6. The highest BCUT2D eigenvalue weighted by molar-refractivity contribution is 5.94. The van der Waals surface area contributed by atoms with Gasteiger partial charge in [0, 0.05) is 12.6 Å². The van der Waals surface area contributed by atoms with Crippen molar-refractivity contribution in [2.24, 2.45) is 0 Å². The third-order valence-corrected chi connectivity index (χ3v) is 4.22. The number of carbonyl (C=O) groups excluding carboxylic acids is 1. The van der Waals surface area contributed by atoms with E-state index in [0.717, 1.165) is 11.5 Å². The van der Waals surface area contributed by atoms with Gasteiger partial charge in [-0.25, -0.2) is 0 Å². The zero-order chi connectivity index (χ0) is 17.1. The van der Waals surface area contributed by atoms with Gasteiger partial charge in [0.05, 0.1) is 6.54 Å². The van der Waals surface area contributed by atoms with E-state index >= 15 is 0 Å². The molecule has 2 aromatic carbocycles. The van der Waals surface area contributed by atoms with Crippen molar-refractivity contribution in [3.05, 3.63) is 59.7 Å². The lowest BCUT2D eigenvalue weighted by atomic mass is 10.0. The summed E-state index contributed by atoms with van der Waals surface area (Å²) in [4.78, 5) is 14.3. The lowest BCUT2D eigenvalue weighted by molar-refractivity contribution is 0.0521. The Balaban J connectivity index is 1.62. The number of benzene rings is 2. The van der Waals surface area contributed by atoms with E-state index in [4.69, 9.17) is 9.47 Å². The van der Waals surface area contributed by atoms with E-state index < -0.39 is 0 Å². The Kier molecular flexibility index (Phi) is 4.74. The zero-order valence-electron chi connectivity index (χ0n) is 14.4. The maximum atomic E-state index is 12.6. The molecule has 0 radical (unpaired) electrons. The third-order valence-electron chi connectivity index (χ3n) is 4.22. The highest BCUT2D eigenvalue weighted by atomic mass is 16.6. The first kappa shape index (κ1) is 16.4. The number of para-hydroxylation sites is 2. The molecule has 0 N–H and O–H groups in total. The Bertz CT molecular complexity index is 709. The zero-order valence-corrected chi connectivity index (χ0v) is 14.4. The van der Waals surface area contributed by atoms with Gasteiger partial charge in [0.1, 0.15) is 6.61 Å². The van der Waals surface area contributed by atoms with Gasteiger partial charge in [-0.05, 0) is 35.7 Å². The van der Waals surface area contributed by atoms with Crippen molar-refractivity contribution in [1.82, 2.24) is 4.90 Å². The molecule has 1 aliphatic heterocycles. The minimum Gasteiger partial charge on any atom is -0.486 e. The molecular weight excluding hydrogens is 302 g/mol. The second-order valence-corrected chi connectivity index (χ2v) is 6.46. The quantitative estimate of drug-likeness (QED) is 0.860. The molecule has 0 aliphatic carbocycles. The van der Waals surface area contributed by atoms with Crippen molar-refractivity contribution in [3.63, 3.8) is 0 Å². The van der Waals surface area contributed by atoms with Crippen molar-refractivity contribution in [2.45, 2.75) is 25.9 Å². The Labute approximate surface area is 143 Å². The lowest BCUT2D eigenvalue weighted by Crippen LogP contribution is -2.41. The van der Waals surface area contributed by atoms with Crippen LogP contribution < -0.4 is 9.47 Å². The second-order valence-electron chi connectivity index (χ2n) is 6.46. The van der Waals surface area contributed by atoms with Crippen molar-refractivity contribution in [1.29, 1.82) is 0 Å². The van der Waals surface area contributed by atoms with E-state index in [0.29, 0.717) is 24.6 Å². The number of hydrogen-bond donors (Lipinski definition) is 0. The molecule has 1 aliphatic rings. The molecule has 1 unspecified atom stereocenters. The van der Waals surface area contributed by atoms with Gasteiger partial charge in [0.2, 0.25) is 0 Å². The minimum atomic E-state index is -0.163. The van der Waals surface area contributed by atoms with Gasteiger partial charge in [-0.3, -0.25) is 4.79 Å². The van der Waals surface area contributed by atoms with Crippen molar-refractivity contribution in [3.8, 4) is 11.5 Å². The molecule has 0 saturated heterocycles. The summed E-state index contributed by atoms with van der Waals surface area (Å²) in [6.45, 7) is 5.21. The molecule has 1 amide bonds. The number of carbonyl (C=O) groups is 1. The van der Waals surface area contributed by atoms with Crippen LogP contribution in [0.3, 0.4) is 0 Å². The average molecular weight is 325 g/mol. The normalized spacial score (nSPS) is 16.1. The highest BCUT2D eigenvalue weighted by Gasteiger charge is 2.24. The van der Waals surface area contributed by atoms with Crippen molar-refractivity contribution < 1.29 is 14.3 Å². The number of likely N-dealkylation sites (N-methyl/N-ethyl adjacent to an activating group) is 1. The standard InChI is InChI=1S/C20H23NO3/c1-14(2)15-8-10-16(11-9-15)20(22)21(3)12-17-13-23-18-6-4-5-7-19(18)24-17/h4-11,14,17H,12-13H2,1-3H3. The molecule has 0 saturated carbocycles. The summed E-state index contributed by atoms with van der Waals surface area (Å²) in [6.07, 6.45) is -0.163. The molecule has 24 heavy (non-hydrogen) atoms. The Morgan fingerprint density at radius 1 is 1.12 bits per heavy atom. The summed E-state index contributed by atoms with van der Waals surface area (Å²) in [5.74, 6) is 1.94. The molecule has 2 aromatic rings. The molecule has 1 atom stereocenters. The van der Waals surface area contributed by atoms with Crippen LogP contribution in [0.2, 0.25) is 0 Å². The summed E-state index contributed by atoms with van der Waals surface area (Å²) in [5.41, 5.74) is 1.92. The van der Waals surface area contributed by atoms with Gasteiger partial charge in [0.25, 0.3) is 5.91 Å². The van der Waals surface area contributed by atoms with Gasteiger partial charge < -0.3 is 14.4 Å². The average Bonchev–Trinajstić information content (AvgIpc) is 2.61. The van der Waals surface area contributed by atoms with Gasteiger partial charge in [0.15, 0.2) is 17.6 Å². The van der Waals surface area contributed by atoms with Gasteiger partial charge in [-0.1, -0.05) is 38.1 Å². The van der Waals surface area contributed by atoms with Gasteiger partial charge >= 0.3 is 0 Å². The predicted molar refractivity (Wildman–Crippen MR) is 93.8 cm³/mol. The Morgan fingerprint density at radius 2 is 1.79 bits per heavy atom. The molecular formula is C20H23NO3. The van der Waals surface area contributed by atoms with Crippen molar-refractivity contribution >= 4 is 5.91 Å². The maximum Gasteiger partial charge on any atom is 0.253 e. The molecule has 1 heterocycles. The first-order valence-electron chi connectivity index (χ1n) is 8.28. The molecule has 126 valence electrons. The molecule has 4 nitrogen and oxygen atoms in total. The van der Waals surface area contributed by atoms with Crippen LogP contribution in [0.15, 0.2) is 48.5 Å². The van der Waals surface area contributed by atoms with Crippen LogP contribution in [0, 0.1) is 0 Å². The first-order valence-corrected chi connectivity index (χ1v) is 8.28. The highest BCUT2D eigenvalue weighted by Crippen LogP contribution is 2.31. The van der Waals surface area contributed by atoms with Gasteiger partial charge in [-0.2, -0.15) is 0 Å². The van der Waals surface area contributed by atoms with E-state index in [1.165, 1.54) is 5.56 Å². The van der Waals surface area contributed by atoms with E-state index in [1.807, 2.05) is 48.5 Å². The maximum absolute atomic E-state index is 12.6. The van der Waals surface area contributed by atoms with E-state index in [2.05, 4.69) is 13.8 Å². The fraction of sp³-hybridized carbons (Fsp3) is 0.350. The number of rotatable bonds is 4. The van der Waals surface area contributed by atoms with Crippen LogP contribution >= 0.6 is 0 Å². The smallest absolute Gasteiger partial charge is 0.253 e. The van der Waals surface area contributed by atoms with E-state index in [9.17, 15) is 4.79 Å². The lowest BCUT2D eigenvalue weighted by Gasteiger charge is -2.29. The van der Waals surface area contributed by atoms with Crippen LogP contribution in [0.25, 0.3) is 0 Å². The van der Waals surface area contributed by atoms with Crippen LogP contribution in [-0.4, -0.2) is 37.1 Å². The van der Waals surface area contributed by atoms with Gasteiger partial charge in [-0.15, -0.1) is 0 Å². The Hall–Kier alpha value is -2.49. The number of fused-ring (bicyclic) bond motifs is 1. The summed E-state index contributed by atoms with van der Waals surface area (Å²) in [5, 5.41) is 0. The fourth-order valence-electron chi connectivity index (χ4n) is 2.77. The number of hydrogen-bond acceptors (Lipinski definition) is 3. The Morgan fingerprint density at radius 3 is 2.46 bits per heavy atom. The predicted octanol–water partition coefficient (Wildman–Crippen LogP) is 3.72. The number of nitrogens with zero attached hydrogens (tertiary/aromatic N) is 1. The third kappa shape index (κ3) is 3.53.